The van der Waals surface area contributed by atoms with Crippen LogP contribution in [-0.2, 0) is 11.2 Å². The summed E-state index contributed by atoms with van der Waals surface area (Å²) in [5, 5.41) is 12.6. The Morgan fingerprint density at radius 2 is 2.36 bits per heavy atom. The van der Waals surface area contributed by atoms with Crippen LogP contribution in [0.5, 0.6) is 0 Å². The summed E-state index contributed by atoms with van der Waals surface area (Å²) in [5.41, 5.74) is 0.825. The minimum Gasteiger partial charge on any atom is -0.481 e. The topological polar surface area (TPSA) is 67.5 Å². The first-order valence-corrected chi connectivity index (χ1v) is 4.67. The van der Waals surface area contributed by atoms with Crippen LogP contribution < -0.4 is 0 Å². The second-order valence-electron chi connectivity index (χ2n) is 2.74. The predicted molar refractivity (Wildman–Crippen MR) is 52.0 cm³/mol. The van der Waals surface area contributed by atoms with Crippen LogP contribution >= 0.6 is 15.9 Å². The molecule has 2 aromatic heterocycles. The fourth-order valence-corrected chi connectivity index (χ4v) is 1.54. The highest BCUT2D eigenvalue weighted by molar-refractivity contribution is 9.10. The summed E-state index contributed by atoms with van der Waals surface area (Å²) in [7, 11) is 0. The zero-order valence-corrected chi connectivity index (χ0v) is 8.60. The van der Waals surface area contributed by atoms with Gasteiger partial charge in [-0.25, -0.2) is 9.50 Å². The molecule has 0 saturated carbocycles. The van der Waals surface area contributed by atoms with Gasteiger partial charge in [0.25, 0.3) is 0 Å². The third kappa shape index (κ3) is 1.60. The average Bonchev–Trinajstić information content (AvgIpc) is 2.47. The van der Waals surface area contributed by atoms with Crippen LogP contribution in [0.25, 0.3) is 5.52 Å². The number of nitrogens with zero attached hydrogens (tertiary/aromatic N) is 3. The van der Waals surface area contributed by atoms with E-state index < -0.39 is 5.97 Å². The second kappa shape index (κ2) is 3.38. The summed E-state index contributed by atoms with van der Waals surface area (Å²) < 4.78 is 2.38. The molecule has 0 aliphatic heterocycles. The van der Waals surface area contributed by atoms with Crippen molar-refractivity contribution in [2.75, 3.05) is 0 Å². The number of carboxylic acid groups (broad SMARTS) is 1. The Bertz CT molecular complexity index is 494. The molecule has 0 aliphatic rings. The van der Waals surface area contributed by atoms with Crippen molar-refractivity contribution in [3.05, 3.63) is 28.8 Å². The highest BCUT2D eigenvalue weighted by atomic mass is 79.9. The molecule has 0 fully saturated rings. The molecule has 0 amide bonds. The monoisotopic (exact) mass is 255 g/mol. The van der Waals surface area contributed by atoms with Crippen LogP contribution in [0.4, 0.5) is 0 Å². The molecule has 6 heteroatoms. The van der Waals surface area contributed by atoms with E-state index in [4.69, 9.17) is 5.11 Å². The lowest BCUT2D eigenvalue weighted by atomic mass is 10.4. The molecular formula is C8H6BrN3O2. The van der Waals surface area contributed by atoms with Crippen LogP contribution in [0, 0.1) is 0 Å². The summed E-state index contributed by atoms with van der Waals surface area (Å²) in [6.07, 6.45) is 1.43. The van der Waals surface area contributed by atoms with E-state index in [2.05, 4.69) is 26.0 Å². The van der Waals surface area contributed by atoms with E-state index in [0.29, 0.717) is 5.82 Å². The maximum atomic E-state index is 10.4. The molecule has 0 aliphatic carbocycles. The Morgan fingerprint density at radius 3 is 3.07 bits per heavy atom. The predicted octanol–water partition coefficient (Wildman–Crippen LogP) is 1.12. The smallest absolute Gasteiger partial charge is 0.311 e. The van der Waals surface area contributed by atoms with Gasteiger partial charge in [-0.2, -0.15) is 5.10 Å². The summed E-state index contributed by atoms with van der Waals surface area (Å²) in [6.45, 7) is 0. The lowest BCUT2D eigenvalue weighted by Gasteiger charge is -1.98. The summed E-state index contributed by atoms with van der Waals surface area (Å²) in [6, 6.07) is 3.67. The van der Waals surface area contributed by atoms with Gasteiger partial charge in [0.15, 0.2) is 5.82 Å². The number of aliphatic carboxylic acids is 1. The average molecular weight is 256 g/mol. The molecule has 2 aromatic rings. The van der Waals surface area contributed by atoms with Crippen molar-refractivity contribution in [3.63, 3.8) is 0 Å². The first-order chi connectivity index (χ1) is 6.66. The van der Waals surface area contributed by atoms with Crippen molar-refractivity contribution in [1.82, 2.24) is 14.6 Å². The molecule has 0 spiro atoms. The molecule has 2 heterocycles. The van der Waals surface area contributed by atoms with Crippen LogP contribution in [-0.4, -0.2) is 25.7 Å². The molecule has 0 aromatic carbocycles. The zero-order chi connectivity index (χ0) is 10.1. The minimum absolute atomic E-state index is 0.166. The molecule has 5 nitrogen and oxygen atoms in total. The third-order valence-electron chi connectivity index (χ3n) is 1.71. The fraction of sp³-hybridized carbons (Fsp3) is 0.125. The van der Waals surface area contributed by atoms with Gasteiger partial charge in [-0.05, 0) is 28.1 Å². The number of aromatic nitrogens is 3. The molecule has 1 N–H and O–H groups in total. The van der Waals surface area contributed by atoms with E-state index >= 15 is 0 Å². The third-order valence-corrected chi connectivity index (χ3v) is 2.31. The zero-order valence-electron chi connectivity index (χ0n) is 7.01. The lowest BCUT2D eigenvalue weighted by molar-refractivity contribution is -0.136. The Balaban J connectivity index is 2.49. The molecule has 0 bridgehead atoms. The normalized spacial score (nSPS) is 10.6. The quantitative estimate of drug-likeness (QED) is 0.874. The van der Waals surface area contributed by atoms with Crippen LogP contribution in [0.1, 0.15) is 5.82 Å². The second-order valence-corrected chi connectivity index (χ2v) is 3.55. The molecule has 0 unspecified atom stereocenters. The van der Waals surface area contributed by atoms with E-state index in [0.717, 1.165) is 10.1 Å². The van der Waals surface area contributed by atoms with E-state index in [1.165, 1.54) is 0 Å². The maximum absolute atomic E-state index is 10.4. The van der Waals surface area contributed by atoms with Gasteiger partial charge < -0.3 is 5.11 Å². The number of halogens is 1. The molecule has 0 atom stereocenters. The van der Waals surface area contributed by atoms with E-state index in [9.17, 15) is 4.79 Å². The molecule has 14 heavy (non-hydrogen) atoms. The van der Waals surface area contributed by atoms with Crippen molar-refractivity contribution >= 4 is 27.4 Å². The van der Waals surface area contributed by atoms with Crippen molar-refractivity contribution in [1.29, 1.82) is 0 Å². The largest absolute Gasteiger partial charge is 0.481 e. The van der Waals surface area contributed by atoms with Crippen LogP contribution in [0.2, 0.25) is 0 Å². The number of hydrogen-bond donors (Lipinski definition) is 1. The molecule has 2 rings (SSSR count). The number of carbonyl (C=O) groups is 1. The number of fused-ring (bicyclic) bond motifs is 1. The van der Waals surface area contributed by atoms with Crippen LogP contribution in [0.3, 0.4) is 0 Å². The minimum atomic E-state index is -0.937. The van der Waals surface area contributed by atoms with Crippen molar-refractivity contribution in [2.24, 2.45) is 0 Å². The number of hydrogen-bond acceptors (Lipinski definition) is 3. The van der Waals surface area contributed by atoms with Crippen molar-refractivity contribution in [2.45, 2.75) is 6.42 Å². The summed E-state index contributed by atoms with van der Waals surface area (Å²) >= 11 is 3.29. The van der Waals surface area contributed by atoms with Gasteiger partial charge in [-0.1, -0.05) is 0 Å². The molecule has 72 valence electrons. The highest BCUT2D eigenvalue weighted by Crippen LogP contribution is 2.13. The first kappa shape index (κ1) is 9.14. The number of carboxylic acids is 1. The molecule has 0 radical (unpaired) electrons. The molecular weight excluding hydrogens is 250 g/mol. The van der Waals surface area contributed by atoms with Gasteiger partial charge in [0, 0.05) is 0 Å². The van der Waals surface area contributed by atoms with Gasteiger partial charge in [0.2, 0.25) is 0 Å². The molecule has 0 saturated heterocycles. The maximum Gasteiger partial charge on any atom is 0.311 e. The standard InChI is InChI=1S/C8H6BrN3O2/c9-6-2-1-5-4-10-7(3-8(13)14)11-12(5)6/h1-2,4H,3H2,(H,13,14). The Labute approximate surface area is 87.5 Å². The van der Waals surface area contributed by atoms with Gasteiger partial charge in [-0.15, -0.1) is 0 Å². The summed E-state index contributed by atoms with van der Waals surface area (Å²) in [4.78, 5) is 14.4. The van der Waals surface area contributed by atoms with Gasteiger partial charge in [0.1, 0.15) is 11.0 Å². The van der Waals surface area contributed by atoms with Gasteiger partial charge in [0.05, 0.1) is 11.7 Å². The van der Waals surface area contributed by atoms with Crippen LogP contribution in [0.15, 0.2) is 22.9 Å². The fourth-order valence-electron chi connectivity index (χ4n) is 1.12. The van der Waals surface area contributed by atoms with Crippen molar-refractivity contribution < 1.29 is 9.90 Å². The van der Waals surface area contributed by atoms with Gasteiger partial charge in [-0.3, -0.25) is 4.79 Å². The van der Waals surface area contributed by atoms with Crippen molar-refractivity contribution in [3.8, 4) is 0 Å². The van der Waals surface area contributed by atoms with E-state index in [1.807, 2.05) is 12.1 Å². The van der Waals surface area contributed by atoms with E-state index in [1.54, 1.807) is 10.7 Å². The first-order valence-electron chi connectivity index (χ1n) is 3.88. The Kier molecular flexibility index (Phi) is 2.20. The summed E-state index contributed by atoms with van der Waals surface area (Å²) in [5.74, 6) is -0.644. The number of rotatable bonds is 2. The van der Waals surface area contributed by atoms with E-state index in [-0.39, 0.29) is 6.42 Å². The van der Waals surface area contributed by atoms with Gasteiger partial charge >= 0.3 is 5.97 Å². The Hall–Kier alpha value is -1.43. The highest BCUT2D eigenvalue weighted by Gasteiger charge is 2.06. The SMILES string of the molecule is O=C(O)Cc1ncc2ccc(Br)n2n1. The Morgan fingerprint density at radius 1 is 1.57 bits per heavy atom. The lowest BCUT2D eigenvalue weighted by Crippen LogP contribution is -2.07.